The Kier molecular flexibility index (Phi) is 5.06. The van der Waals surface area contributed by atoms with Crippen molar-refractivity contribution < 1.29 is 9.18 Å². The Morgan fingerprint density at radius 3 is 2.29 bits per heavy atom. The van der Waals surface area contributed by atoms with Crippen molar-refractivity contribution in [1.29, 1.82) is 0 Å². The van der Waals surface area contributed by atoms with Crippen LogP contribution in [0.2, 0.25) is 0 Å². The average molecular weight is 420 g/mol. The molecule has 0 saturated carbocycles. The van der Waals surface area contributed by atoms with Crippen molar-refractivity contribution in [3.63, 3.8) is 0 Å². The highest BCUT2D eigenvalue weighted by Gasteiger charge is 2.36. The first-order chi connectivity index (χ1) is 14.8. The lowest BCUT2D eigenvalue weighted by atomic mass is 9.81. The minimum atomic E-state index is -0.786. The Labute approximate surface area is 177 Å². The molecule has 2 aromatic carbocycles. The number of nitrogens with one attached hydrogen (secondary N) is 2. The van der Waals surface area contributed by atoms with Gasteiger partial charge in [0.15, 0.2) is 0 Å². The van der Waals surface area contributed by atoms with Crippen LogP contribution >= 0.6 is 0 Å². The molecule has 0 saturated heterocycles. The Hall–Kier alpha value is -3.94. The van der Waals surface area contributed by atoms with Crippen LogP contribution in [0.4, 0.5) is 15.9 Å². The Morgan fingerprint density at radius 2 is 1.65 bits per heavy atom. The Morgan fingerprint density at radius 1 is 1.00 bits per heavy atom. The van der Waals surface area contributed by atoms with E-state index in [4.69, 9.17) is 0 Å². The van der Waals surface area contributed by atoms with Crippen molar-refractivity contribution in [2.24, 2.45) is 14.1 Å². The highest BCUT2D eigenvalue weighted by Crippen LogP contribution is 2.39. The lowest BCUT2D eigenvalue weighted by Gasteiger charge is -2.31. The van der Waals surface area contributed by atoms with Crippen molar-refractivity contribution in [3.05, 3.63) is 104 Å². The normalized spacial score (nSPS) is 15.3. The largest absolute Gasteiger partial charge is 0.344 e. The van der Waals surface area contributed by atoms with Gasteiger partial charge in [-0.05, 0) is 36.8 Å². The van der Waals surface area contributed by atoms with Crippen LogP contribution in [-0.4, -0.2) is 15.0 Å². The first-order valence-electron chi connectivity index (χ1n) is 9.69. The van der Waals surface area contributed by atoms with Crippen LogP contribution in [0, 0.1) is 5.82 Å². The van der Waals surface area contributed by atoms with Crippen LogP contribution in [0.15, 0.2) is 75.5 Å². The molecular formula is C23H21FN4O3. The van der Waals surface area contributed by atoms with E-state index in [9.17, 15) is 18.8 Å². The number of aromatic nitrogens is 2. The van der Waals surface area contributed by atoms with Crippen molar-refractivity contribution in [3.8, 4) is 0 Å². The fourth-order valence-corrected chi connectivity index (χ4v) is 3.90. The number of nitrogens with zero attached hydrogens (tertiary/aromatic N) is 2. The van der Waals surface area contributed by atoms with Gasteiger partial charge in [0.1, 0.15) is 11.6 Å². The number of halogens is 1. The second kappa shape index (κ2) is 7.71. The molecule has 4 rings (SSSR count). The number of allylic oxidation sites excluding steroid dienone is 1. The molecule has 1 aliphatic heterocycles. The number of hydrogen-bond acceptors (Lipinski definition) is 4. The minimum Gasteiger partial charge on any atom is -0.344 e. The molecule has 1 amide bonds. The molecular weight excluding hydrogens is 399 g/mol. The molecule has 31 heavy (non-hydrogen) atoms. The number of para-hydroxylation sites is 1. The van der Waals surface area contributed by atoms with Gasteiger partial charge in [-0.25, -0.2) is 9.18 Å². The third-order valence-corrected chi connectivity index (χ3v) is 5.47. The summed E-state index contributed by atoms with van der Waals surface area (Å²) in [6.07, 6.45) is 0. The first kappa shape index (κ1) is 20.3. The van der Waals surface area contributed by atoms with Crippen molar-refractivity contribution >= 4 is 17.4 Å². The third kappa shape index (κ3) is 3.46. The standard InChI is InChI=1S/C23H21FN4O3/c1-13-17(21(29)26-16-7-5-4-6-8-16)18(14-9-11-15(24)12-10-14)19-20(25-13)27(2)23(31)28(3)22(19)30/h4-12,18,25H,1-3H3,(H,26,29)/t18-/m1/s1. The van der Waals surface area contributed by atoms with Crippen molar-refractivity contribution in [2.45, 2.75) is 12.8 Å². The van der Waals surface area contributed by atoms with Crippen LogP contribution in [0.3, 0.4) is 0 Å². The maximum Gasteiger partial charge on any atom is 0.332 e. The van der Waals surface area contributed by atoms with Crippen LogP contribution < -0.4 is 21.9 Å². The highest BCUT2D eigenvalue weighted by molar-refractivity contribution is 6.07. The zero-order chi connectivity index (χ0) is 22.3. The van der Waals surface area contributed by atoms with E-state index < -0.39 is 28.9 Å². The molecule has 2 heterocycles. The molecule has 0 spiro atoms. The summed E-state index contributed by atoms with van der Waals surface area (Å²) in [7, 11) is 2.94. The van der Waals surface area contributed by atoms with Crippen LogP contribution in [-0.2, 0) is 18.9 Å². The molecule has 1 aromatic heterocycles. The summed E-state index contributed by atoms with van der Waals surface area (Å²) in [4.78, 5) is 38.9. The number of benzene rings is 2. The van der Waals surface area contributed by atoms with Gasteiger partial charge in [-0.2, -0.15) is 0 Å². The number of carbonyl (C=O) groups is 1. The van der Waals surface area contributed by atoms with Crippen molar-refractivity contribution in [1.82, 2.24) is 9.13 Å². The molecule has 8 heteroatoms. The molecule has 7 nitrogen and oxygen atoms in total. The summed E-state index contributed by atoms with van der Waals surface area (Å²) in [6.45, 7) is 1.71. The maximum absolute atomic E-state index is 13.6. The van der Waals surface area contributed by atoms with E-state index in [1.165, 1.54) is 23.7 Å². The quantitative estimate of drug-likeness (QED) is 0.682. The summed E-state index contributed by atoms with van der Waals surface area (Å²) in [5.74, 6) is -1.29. The maximum atomic E-state index is 13.6. The summed E-state index contributed by atoms with van der Waals surface area (Å²) in [5, 5.41) is 5.92. The van der Waals surface area contributed by atoms with Gasteiger partial charge in [-0.3, -0.25) is 18.7 Å². The summed E-state index contributed by atoms with van der Waals surface area (Å²) in [5.41, 5.74) is 1.23. The predicted molar refractivity (Wildman–Crippen MR) is 117 cm³/mol. The zero-order valence-electron chi connectivity index (χ0n) is 17.3. The molecule has 0 aliphatic carbocycles. The molecule has 3 aromatic rings. The van der Waals surface area contributed by atoms with Gasteiger partial charge in [0.2, 0.25) is 0 Å². The van der Waals surface area contributed by atoms with Gasteiger partial charge in [0, 0.05) is 31.1 Å². The van der Waals surface area contributed by atoms with E-state index in [0.717, 1.165) is 4.57 Å². The van der Waals surface area contributed by atoms with Crippen LogP contribution in [0.25, 0.3) is 0 Å². The van der Waals surface area contributed by atoms with E-state index in [0.29, 0.717) is 28.3 Å². The Balaban J connectivity index is 1.95. The number of hydrogen-bond donors (Lipinski definition) is 2. The molecule has 0 fully saturated rings. The highest BCUT2D eigenvalue weighted by atomic mass is 19.1. The van der Waals surface area contributed by atoms with Gasteiger partial charge in [-0.1, -0.05) is 30.3 Å². The summed E-state index contributed by atoms with van der Waals surface area (Å²) < 4.78 is 16.0. The summed E-state index contributed by atoms with van der Waals surface area (Å²) >= 11 is 0. The topological polar surface area (TPSA) is 85.1 Å². The third-order valence-electron chi connectivity index (χ3n) is 5.47. The van der Waals surface area contributed by atoms with E-state index in [1.54, 1.807) is 50.4 Å². The molecule has 0 unspecified atom stereocenters. The number of carbonyl (C=O) groups excluding carboxylic acids is 1. The molecule has 1 atom stereocenters. The lowest BCUT2D eigenvalue weighted by molar-refractivity contribution is -0.113. The zero-order valence-corrected chi connectivity index (χ0v) is 17.3. The molecule has 1 aliphatic rings. The fraction of sp³-hybridized carbons (Fsp3) is 0.174. The minimum absolute atomic E-state index is 0.250. The van der Waals surface area contributed by atoms with E-state index in [2.05, 4.69) is 10.6 Å². The van der Waals surface area contributed by atoms with Crippen molar-refractivity contribution in [2.75, 3.05) is 10.6 Å². The van der Waals surface area contributed by atoms with Gasteiger partial charge in [0.05, 0.1) is 11.5 Å². The number of amides is 1. The van der Waals surface area contributed by atoms with E-state index >= 15 is 0 Å². The second-order valence-electron chi connectivity index (χ2n) is 7.44. The summed E-state index contributed by atoms with van der Waals surface area (Å²) in [6, 6.07) is 14.6. The SMILES string of the molecule is CC1=C(C(=O)Nc2ccccc2)[C@@H](c2ccc(F)cc2)c2c(n(C)c(=O)n(C)c2=O)N1. The fourth-order valence-electron chi connectivity index (χ4n) is 3.90. The number of rotatable bonds is 3. The molecule has 0 radical (unpaired) electrons. The molecule has 0 bridgehead atoms. The van der Waals surface area contributed by atoms with Gasteiger partial charge in [0.25, 0.3) is 11.5 Å². The van der Waals surface area contributed by atoms with Gasteiger partial charge >= 0.3 is 5.69 Å². The second-order valence-corrected chi connectivity index (χ2v) is 7.44. The Bertz CT molecular complexity index is 1320. The van der Waals surface area contributed by atoms with Gasteiger partial charge < -0.3 is 10.6 Å². The molecule has 2 N–H and O–H groups in total. The van der Waals surface area contributed by atoms with Crippen LogP contribution in [0.1, 0.15) is 24.0 Å². The van der Waals surface area contributed by atoms with E-state index in [-0.39, 0.29) is 5.56 Å². The lowest BCUT2D eigenvalue weighted by Crippen LogP contribution is -2.43. The smallest absolute Gasteiger partial charge is 0.332 e. The number of anilines is 2. The predicted octanol–water partition coefficient (Wildman–Crippen LogP) is 2.69. The van der Waals surface area contributed by atoms with Gasteiger partial charge in [-0.15, -0.1) is 0 Å². The van der Waals surface area contributed by atoms with E-state index in [1.807, 2.05) is 6.07 Å². The monoisotopic (exact) mass is 420 g/mol. The first-order valence-corrected chi connectivity index (χ1v) is 9.69. The average Bonchev–Trinajstić information content (AvgIpc) is 2.76. The molecule has 158 valence electrons. The number of fused-ring (bicyclic) bond motifs is 1. The van der Waals surface area contributed by atoms with Crippen LogP contribution in [0.5, 0.6) is 0 Å².